The summed E-state index contributed by atoms with van der Waals surface area (Å²) in [6, 6.07) is 10.6. The summed E-state index contributed by atoms with van der Waals surface area (Å²) in [5.74, 6) is 1.41. The maximum Gasteiger partial charge on any atom is 0.146 e. The summed E-state index contributed by atoms with van der Waals surface area (Å²) in [6.45, 7) is 0.371. The molecule has 0 spiro atoms. The minimum Gasteiger partial charge on any atom is -0.381 e. The Bertz CT molecular complexity index is 854. The molecule has 0 amide bonds. The predicted molar refractivity (Wildman–Crippen MR) is 115 cm³/mol. The maximum atomic E-state index is 13.5. The van der Waals surface area contributed by atoms with Gasteiger partial charge in [0.1, 0.15) is 12.6 Å². The number of hydrogen-bond acceptors (Lipinski definition) is 4. The van der Waals surface area contributed by atoms with Crippen molar-refractivity contribution in [1.82, 2.24) is 4.98 Å². The van der Waals surface area contributed by atoms with Crippen LogP contribution in [0, 0.1) is 23.6 Å². The van der Waals surface area contributed by atoms with E-state index in [4.69, 9.17) is 14.2 Å². The third kappa shape index (κ3) is 4.80. The zero-order valence-corrected chi connectivity index (χ0v) is 17.7. The van der Waals surface area contributed by atoms with Crippen LogP contribution in [0.3, 0.4) is 0 Å². The van der Waals surface area contributed by atoms with Gasteiger partial charge in [0.25, 0.3) is 0 Å². The van der Waals surface area contributed by atoms with Gasteiger partial charge in [0.2, 0.25) is 0 Å². The molecule has 160 valence electrons. The quantitative estimate of drug-likeness (QED) is 0.577. The molecule has 2 fully saturated rings. The molecule has 0 N–H and O–H groups in total. The van der Waals surface area contributed by atoms with Gasteiger partial charge >= 0.3 is 0 Å². The second kappa shape index (κ2) is 9.82. The molecule has 0 radical (unpaired) electrons. The zero-order valence-electron chi connectivity index (χ0n) is 17.7. The van der Waals surface area contributed by atoms with Crippen molar-refractivity contribution in [2.45, 2.75) is 37.9 Å². The van der Waals surface area contributed by atoms with Crippen LogP contribution in [0.25, 0.3) is 17.2 Å². The number of benzene rings is 1. The van der Waals surface area contributed by atoms with Gasteiger partial charge < -0.3 is 14.2 Å². The molecule has 30 heavy (non-hydrogen) atoms. The van der Waals surface area contributed by atoms with E-state index in [2.05, 4.69) is 17.1 Å². The normalized spacial score (nSPS) is 28.7. The van der Waals surface area contributed by atoms with Gasteiger partial charge in [0, 0.05) is 31.9 Å². The minimum atomic E-state index is -0.236. The van der Waals surface area contributed by atoms with Crippen LogP contribution in [0.1, 0.15) is 31.4 Å². The van der Waals surface area contributed by atoms with Gasteiger partial charge in [0.15, 0.2) is 0 Å². The van der Waals surface area contributed by atoms with E-state index in [9.17, 15) is 4.39 Å². The number of methoxy groups -OCH3 is 2. The second-order valence-electron chi connectivity index (χ2n) is 8.36. The van der Waals surface area contributed by atoms with Crippen LogP contribution < -0.4 is 0 Å². The first-order valence-corrected chi connectivity index (χ1v) is 10.7. The molecular weight excluding hydrogens is 381 g/mol. The van der Waals surface area contributed by atoms with Crippen LogP contribution in [0.2, 0.25) is 0 Å². The average molecular weight is 412 g/mol. The molecule has 0 bridgehead atoms. The number of rotatable bonds is 7. The van der Waals surface area contributed by atoms with Crippen LogP contribution in [0.15, 0.2) is 48.7 Å². The summed E-state index contributed by atoms with van der Waals surface area (Å²) >= 11 is 0. The van der Waals surface area contributed by atoms with Gasteiger partial charge in [-0.25, -0.2) is 4.39 Å². The number of halogens is 1. The smallest absolute Gasteiger partial charge is 0.146 e. The lowest BCUT2D eigenvalue weighted by molar-refractivity contribution is -0.0930. The lowest BCUT2D eigenvalue weighted by atomic mass is 9.76. The Morgan fingerprint density at radius 2 is 2.00 bits per heavy atom. The molecule has 2 aliphatic rings. The molecule has 4 nitrogen and oxygen atoms in total. The molecule has 5 atom stereocenters. The average Bonchev–Trinajstić information content (AvgIpc) is 3.13. The molecular formula is C25H30FNO3. The van der Waals surface area contributed by atoms with Crippen molar-refractivity contribution in [3.05, 3.63) is 60.2 Å². The SMILES string of the molecule is COCO[C@@H]1CC[C@@H]2[C@H](C1)C[C@H](OC)[C@H]2/C=C/c1ccc(-c2cccc(F)c2)cn1. The van der Waals surface area contributed by atoms with Gasteiger partial charge in [-0.1, -0.05) is 24.3 Å². The molecule has 1 aromatic carbocycles. The van der Waals surface area contributed by atoms with Crippen molar-refractivity contribution >= 4 is 6.08 Å². The first-order chi connectivity index (χ1) is 14.7. The highest BCUT2D eigenvalue weighted by Gasteiger charge is 2.45. The summed E-state index contributed by atoms with van der Waals surface area (Å²) in [7, 11) is 3.48. The molecule has 1 heterocycles. The summed E-state index contributed by atoms with van der Waals surface area (Å²) < 4.78 is 30.2. The Morgan fingerprint density at radius 3 is 2.73 bits per heavy atom. The van der Waals surface area contributed by atoms with E-state index in [-0.39, 0.29) is 11.9 Å². The molecule has 4 rings (SSSR count). The molecule has 0 saturated heterocycles. The largest absolute Gasteiger partial charge is 0.381 e. The highest BCUT2D eigenvalue weighted by Crippen LogP contribution is 2.48. The van der Waals surface area contributed by atoms with E-state index in [0.717, 1.165) is 42.5 Å². The molecule has 2 aromatic rings. The minimum absolute atomic E-state index is 0.236. The van der Waals surface area contributed by atoms with Gasteiger partial charge in [-0.2, -0.15) is 0 Å². The number of nitrogens with zero attached hydrogens (tertiary/aromatic N) is 1. The predicted octanol–water partition coefficient (Wildman–Crippen LogP) is 5.34. The highest BCUT2D eigenvalue weighted by atomic mass is 19.1. The Labute approximate surface area is 178 Å². The molecule has 2 saturated carbocycles. The summed E-state index contributed by atoms with van der Waals surface area (Å²) in [5.41, 5.74) is 2.66. The van der Waals surface area contributed by atoms with E-state index in [1.807, 2.05) is 25.3 Å². The van der Waals surface area contributed by atoms with Crippen molar-refractivity contribution < 1.29 is 18.6 Å². The lowest BCUT2D eigenvalue weighted by Crippen LogP contribution is -2.29. The summed E-state index contributed by atoms with van der Waals surface area (Å²) in [6.07, 6.45) is 11.1. The van der Waals surface area contributed by atoms with Crippen molar-refractivity contribution in [3.63, 3.8) is 0 Å². The zero-order chi connectivity index (χ0) is 20.9. The van der Waals surface area contributed by atoms with Crippen molar-refractivity contribution in [3.8, 4) is 11.1 Å². The van der Waals surface area contributed by atoms with Gasteiger partial charge in [0.05, 0.1) is 17.9 Å². The summed E-state index contributed by atoms with van der Waals surface area (Å²) in [4.78, 5) is 4.56. The van der Waals surface area contributed by atoms with Gasteiger partial charge in [-0.05, 0) is 67.4 Å². The van der Waals surface area contributed by atoms with Crippen molar-refractivity contribution in [2.75, 3.05) is 21.0 Å². The first-order valence-electron chi connectivity index (χ1n) is 10.7. The lowest BCUT2D eigenvalue weighted by Gasteiger charge is -2.33. The van der Waals surface area contributed by atoms with Crippen molar-refractivity contribution in [2.24, 2.45) is 17.8 Å². The number of ether oxygens (including phenoxy) is 3. The van der Waals surface area contributed by atoms with E-state index in [0.29, 0.717) is 30.7 Å². The fourth-order valence-electron chi connectivity index (χ4n) is 5.14. The number of pyridine rings is 1. The molecule has 1 aromatic heterocycles. The Balaban J connectivity index is 1.42. The van der Waals surface area contributed by atoms with Crippen LogP contribution in [-0.4, -0.2) is 38.2 Å². The third-order valence-electron chi connectivity index (χ3n) is 6.61. The highest BCUT2D eigenvalue weighted by molar-refractivity contribution is 5.63. The first kappa shape index (κ1) is 21.2. The second-order valence-corrected chi connectivity index (χ2v) is 8.36. The van der Waals surface area contributed by atoms with Crippen molar-refractivity contribution in [1.29, 1.82) is 0 Å². The Kier molecular flexibility index (Phi) is 6.93. The monoisotopic (exact) mass is 411 g/mol. The topological polar surface area (TPSA) is 40.6 Å². The van der Waals surface area contributed by atoms with Crippen LogP contribution in [0.5, 0.6) is 0 Å². The van der Waals surface area contributed by atoms with E-state index >= 15 is 0 Å². The number of aromatic nitrogens is 1. The molecule has 0 aliphatic heterocycles. The van der Waals surface area contributed by atoms with Crippen LogP contribution >= 0.6 is 0 Å². The fraction of sp³-hybridized carbons (Fsp3) is 0.480. The number of hydrogen-bond donors (Lipinski definition) is 0. The van der Waals surface area contributed by atoms with Crippen LogP contribution in [-0.2, 0) is 14.2 Å². The number of fused-ring (bicyclic) bond motifs is 1. The maximum absolute atomic E-state index is 13.5. The molecule has 5 heteroatoms. The van der Waals surface area contributed by atoms with Gasteiger partial charge in [-0.3, -0.25) is 4.98 Å². The summed E-state index contributed by atoms with van der Waals surface area (Å²) in [5, 5.41) is 0. The fourth-order valence-corrected chi connectivity index (χ4v) is 5.14. The standard InChI is InChI=1S/C25H30FNO3/c1-28-16-30-22-9-11-23-19(13-22)14-25(29-2)24(23)10-8-21-7-6-18(15-27-21)17-4-3-5-20(26)12-17/h3-8,10,12,15,19,22-25H,9,11,13-14,16H2,1-2H3/b10-8+/t19-,22-,23-,24+,25+/m1/s1. The third-order valence-corrected chi connectivity index (χ3v) is 6.61. The Morgan fingerprint density at radius 1 is 1.10 bits per heavy atom. The Hall–Kier alpha value is -2.08. The van der Waals surface area contributed by atoms with E-state index in [1.165, 1.54) is 12.1 Å². The molecule has 2 aliphatic carbocycles. The van der Waals surface area contributed by atoms with Gasteiger partial charge in [-0.15, -0.1) is 0 Å². The van der Waals surface area contributed by atoms with E-state index < -0.39 is 0 Å². The van der Waals surface area contributed by atoms with E-state index in [1.54, 1.807) is 19.4 Å². The molecule has 0 unspecified atom stereocenters. The van der Waals surface area contributed by atoms with Crippen LogP contribution in [0.4, 0.5) is 4.39 Å².